The normalized spacial score (nSPS) is 25.9. The first-order chi connectivity index (χ1) is 15.3. The molecule has 5 atom stereocenters. The Labute approximate surface area is 187 Å². The largest absolute Gasteiger partial charge is 0.462 e. The van der Waals surface area contributed by atoms with Crippen molar-refractivity contribution in [3.05, 3.63) is 71.3 Å². The first-order valence-electron chi connectivity index (χ1n) is 10.7. The molecule has 0 spiro atoms. The van der Waals surface area contributed by atoms with Gasteiger partial charge in [-0.1, -0.05) is 56.3 Å². The van der Waals surface area contributed by atoms with Crippen LogP contribution in [0.15, 0.2) is 54.6 Å². The lowest BCUT2D eigenvalue weighted by Crippen LogP contribution is -2.60. The highest BCUT2D eigenvalue weighted by atomic mass is 16.7. The standard InChI is InChI=1S/C25H30O7/c1-15(2)18-8-3-17(4-9-18)13-19(27)10-5-16-6-11-20(12-7-16)31-25-24(30)23(29)22(28)21(14-26)32-25/h3-12,15,21-26,28-30H,13-14H2,1-2H3/b10-5+/t21?,22-,23-,24?,25+/m0/s1. The second-order valence-electron chi connectivity index (χ2n) is 8.26. The molecule has 0 amide bonds. The molecule has 1 fully saturated rings. The van der Waals surface area contributed by atoms with Gasteiger partial charge in [-0.25, -0.2) is 0 Å². The van der Waals surface area contributed by atoms with E-state index >= 15 is 0 Å². The minimum atomic E-state index is -1.50. The van der Waals surface area contributed by atoms with Crippen LogP contribution in [0.3, 0.4) is 0 Å². The quantitative estimate of drug-likeness (QED) is 0.461. The Morgan fingerprint density at radius 2 is 1.66 bits per heavy atom. The van der Waals surface area contributed by atoms with Gasteiger partial charge in [-0.15, -0.1) is 0 Å². The molecule has 2 aromatic rings. The predicted molar refractivity (Wildman–Crippen MR) is 119 cm³/mol. The van der Waals surface area contributed by atoms with Gasteiger partial charge in [0, 0.05) is 6.42 Å². The number of ketones is 1. The van der Waals surface area contributed by atoms with E-state index in [0.717, 1.165) is 11.1 Å². The van der Waals surface area contributed by atoms with Crippen molar-refractivity contribution in [2.75, 3.05) is 6.61 Å². The molecule has 7 heteroatoms. The van der Waals surface area contributed by atoms with Crippen LogP contribution in [0.1, 0.15) is 36.5 Å². The highest BCUT2D eigenvalue weighted by Gasteiger charge is 2.44. The van der Waals surface area contributed by atoms with E-state index in [2.05, 4.69) is 13.8 Å². The van der Waals surface area contributed by atoms with Crippen LogP contribution in [0.5, 0.6) is 5.75 Å². The maximum Gasteiger partial charge on any atom is 0.229 e. The lowest BCUT2D eigenvalue weighted by Gasteiger charge is -2.39. The van der Waals surface area contributed by atoms with E-state index < -0.39 is 37.3 Å². The Balaban J connectivity index is 1.56. The van der Waals surface area contributed by atoms with Crippen molar-refractivity contribution in [2.45, 2.75) is 56.9 Å². The molecule has 172 valence electrons. The molecule has 0 aromatic heterocycles. The Morgan fingerprint density at radius 1 is 1.00 bits per heavy atom. The molecule has 32 heavy (non-hydrogen) atoms. The third-order valence-corrected chi connectivity index (χ3v) is 5.47. The van der Waals surface area contributed by atoms with Crippen molar-refractivity contribution in [3.63, 3.8) is 0 Å². The maximum absolute atomic E-state index is 12.3. The lowest BCUT2D eigenvalue weighted by molar-refractivity contribution is -0.277. The number of rotatable bonds is 8. The van der Waals surface area contributed by atoms with E-state index in [1.54, 1.807) is 30.3 Å². The summed E-state index contributed by atoms with van der Waals surface area (Å²) < 4.78 is 10.9. The number of hydrogen-bond acceptors (Lipinski definition) is 7. The zero-order chi connectivity index (χ0) is 23.3. The Morgan fingerprint density at radius 3 is 2.25 bits per heavy atom. The van der Waals surface area contributed by atoms with E-state index in [9.17, 15) is 25.2 Å². The molecule has 2 unspecified atom stereocenters. The second kappa shape index (κ2) is 10.8. The molecule has 0 radical (unpaired) electrons. The molecule has 0 bridgehead atoms. The Kier molecular flexibility index (Phi) is 8.17. The van der Waals surface area contributed by atoms with Gasteiger partial charge in [0.25, 0.3) is 0 Å². The summed E-state index contributed by atoms with van der Waals surface area (Å²) in [6, 6.07) is 14.8. The van der Waals surface area contributed by atoms with Gasteiger partial charge in [-0.3, -0.25) is 4.79 Å². The molecule has 2 aromatic carbocycles. The average molecular weight is 443 g/mol. The molecule has 1 heterocycles. The van der Waals surface area contributed by atoms with Crippen molar-refractivity contribution in [3.8, 4) is 5.75 Å². The van der Waals surface area contributed by atoms with Gasteiger partial charge in [-0.2, -0.15) is 0 Å². The number of aliphatic hydroxyl groups excluding tert-OH is 4. The minimum Gasteiger partial charge on any atom is -0.462 e. The van der Waals surface area contributed by atoms with Gasteiger partial charge in [0.2, 0.25) is 6.29 Å². The van der Waals surface area contributed by atoms with Gasteiger partial charge >= 0.3 is 0 Å². The van der Waals surface area contributed by atoms with Crippen LogP contribution in [0.2, 0.25) is 0 Å². The van der Waals surface area contributed by atoms with Crippen LogP contribution in [0, 0.1) is 0 Å². The Bertz CT molecular complexity index is 903. The third kappa shape index (κ3) is 6.03. The molecule has 0 saturated carbocycles. The number of ether oxygens (including phenoxy) is 2. The van der Waals surface area contributed by atoms with E-state index in [-0.39, 0.29) is 5.78 Å². The van der Waals surface area contributed by atoms with Crippen LogP contribution >= 0.6 is 0 Å². The zero-order valence-corrected chi connectivity index (χ0v) is 18.2. The molecule has 1 aliphatic heterocycles. The summed E-state index contributed by atoms with van der Waals surface area (Å²) >= 11 is 0. The summed E-state index contributed by atoms with van der Waals surface area (Å²) in [5.74, 6) is 0.805. The lowest BCUT2D eigenvalue weighted by atomic mass is 9.99. The monoisotopic (exact) mass is 442 g/mol. The molecule has 7 nitrogen and oxygen atoms in total. The zero-order valence-electron chi connectivity index (χ0n) is 18.2. The van der Waals surface area contributed by atoms with E-state index in [1.807, 2.05) is 24.3 Å². The summed E-state index contributed by atoms with van der Waals surface area (Å²) in [6.45, 7) is 3.73. The summed E-state index contributed by atoms with van der Waals surface area (Å²) in [7, 11) is 0. The first kappa shape index (κ1) is 24.1. The van der Waals surface area contributed by atoms with Crippen LogP contribution in [0.25, 0.3) is 6.08 Å². The van der Waals surface area contributed by atoms with Crippen LogP contribution < -0.4 is 4.74 Å². The van der Waals surface area contributed by atoms with Gasteiger partial charge in [-0.05, 0) is 40.8 Å². The summed E-state index contributed by atoms with van der Waals surface area (Å²) in [5, 5.41) is 39.0. The van der Waals surface area contributed by atoms with Crippen LogP contribution in [0.4, 0.5) is 0 Å². The summed E-state index contributed by atoms with van der Waals surface area (Å²) in [6.07, 6.45) is -3.11. The topological polar surface area (TPSA) is 116 Å². The van der Waals surface area contributed by atoms with Crippen LogP contribution in [-0.2, 0) is 16.0 Å². The van der Waals surface area contributed by atoms with Crippen molar-refractivity contribution >= 4 is 11.9 Å². The highest BCUT2D eigenvalue weighted by Crippen LogP contribution is 2.24. The maximum atomic E-state index is 12.3. The van der Waals surface area contributed by atoms with Gasteiger partial charge in [0.1, 0.15) is 30.2 Å². The highest BCUT2D eigenvalue weighted by molar-refractivity contribution is 5.95. The number of benzene rings is 2. The van der Waals surface area contributed by atoms with E-state index in [4.69, 9.17) is 9.47 Å². The number of carbonyl (C=O) groups is 1. The van der Waals surface area contributed by atoms with Crippen molar-refractivity contribution in [2.24, 2.45) is 0 Å². The molecular weight excluding hydrogens is 412 g/mol. The fraction of sp³-hybridized carbons (Fsp3) is 0.400. The smallest absolute Gasteiger partial charge is 0.229 e. The Hall–Kier alpha value is -2.55. The first-order valence-corrected chi connectivity index (χ1v) is 10.7. The fourth-order valence-corrected chi connectivity index (χ4v) is 3.43. The molecule has 3 rings (SSSR count). The fourth-order valence-electron chi connectivity index (χ4n) is 3.43. The molecule has 4 N–H and O–H groups in total. The summed E-state index contributed by atoms with van der Waals surface area (Å²) in [4.78, 5) is 12.3. The number of allylic oxidation sites excluding steroid dienone is 1. The van der Waals surface area contributed by atoms with Crippen molar-refractivity contribution in [1.82, 2.24) is 0 Å². The second-order valence-corrected chi connectivity index (χ2v) is 8.26. The van der Waals surface area contributed by atoms with Gasteiger partial charge in [0.05, 0.1) is 6.61 Å². The van der Waals surface area contributed by atoms with E-state index in [1.165, 1.54) is 11.6 Å². The summed E-state index contributed by atoms with van der Waals surface area (Å²) in [5.41, 5.74) is 2.99. The third-order valence-electron chi connectivity index (χ3n) is 5.47. The number of aliphatic hydroxyl groups is 4. The average Bonchev–Trinajstić information content (AvgIpc) is 2.79. The number of hydrogen-bond donors (Lipinski definition) is 4. The van der Waals surface area contributed by atoms with E-state index in [0.29, 0.717) is 18.1 Å². The molecule has 1 aliphatic rings. The van der Waals surface area contributed by atoms with Crippen molar-refractivity contribution < 1.29 is 34.7 Å². The minimum absolute atomic E-state index is 0.0102. The number of carbonyl (C=O) groups excluding carboxylic acids is 1. The molecule has 1 saturated heterocycles. The molecule has 0 aliphatic carbocycles. The van der Waals surface area contributed by atoms with Gasteiger partial charge in [0.15, 0.2) is 5.78 Å². The van der Waals surface area contributed by atoms with Gasteiger partial charge < -0.3 is 29.9 Å². The van der Waals surface area contributed by atoms with Crippen molar-refractivity contribution in [1.29, 1.82) is 0 Å². The SMILES string of the molecule is CC(C)c1ccc(CC(=O)/C=C/c2ccc(O[C@@H]3OC(CO)[C@H](O)[C@H](O)C3O)cc2)cc1. The predicted octanol–water partition coefficient (Wildman–Crippen LogP) is 1.81. The van der Waals surface area contributed by atoms with Crippen LogP contribution in [-0.4, -0.2) is 63.5 Å². The molecular formula is C25H30O7.